The number of amides is 1. The molecule has 1 saturated carbocycles. The first-order valence-corrected chi connectivity index (χ1v) is 8.60. The van der Waals surface area contributed by atoms with Crippen LogP contribution in [-0.4, -0.2) is 23.0 Å². The van der Waals surface area contributed by atoms with Gasteiger partial charge in [-0.05, 0) is 37.0 Å². The lowest BCUT2D eigenvalue weighted by Crippen LogP contribution is -2.41. The first kappa shape index (κ1) is 16.9. The Hall–Kier alpha value is -1.93. The van der Waals surface area contributed by atoms with E-state index in [9.17, 15) is 9.18 Å². The standard InChI is InChI=1S/C18H19ClFN3O/c1-18(11-19,10-12-3-4-12)17(24)23-16(5-6-22-23)13-7-14(20)9-15(8-13)21-2/h6-9,12,16H,3-5,10-11H2,1H3. The smallest absolute Gasteiger partial charge is 0.250 e. The Morgan fingerprint density at radius 3 is 2.88 bits per heavy atom. The van der Waals surface area contributed by atoms with E-state index < -0.39 is 11.2 Å². The molecule has 126 valence electrons. The van der Waals surface area contributed by atoms with Gasteiger partial charge in [-0.2, -0.15) is 5.10 Å². The molecule has 1 fully saturated rings. The van der Waals surface area contributed by atoms with E-state index >= 15 is 0 Å². The molecule has 0 aromatic heterocycles. The number of benzene rings is 1. The summed E-state index contributed by atoms with van der Waals surface area (Å²) < 4.78 is 13.8. The lowest BCUT2D eigenvalue weighted by molar-refractivity contribution is -0.142. The second kappa shape index (κ2) is 6.52. The van der Waals surface area contributed by atoms with Gasteiger partial charge in [-0.1, -0.05) is 18.9 Å². The summed E-state index contributed by atoms with van der Waals surface area (Å²) in [6.07, 6.45) is 5.21. The Morgan fingerprint density at radius 2 is 2.25 bits per heavy atom. The van der Waals surface area contributed by atoms with E-state index in [0.29, 0.717) is 17.9 Å². The van der Waals surface area contributed by atoms with Crippen molar-refractivity contribution < 1.29 is 9.18 Å². The van der Waals surface area contributed by atoms with E-state index in [-0.39, 0.29) is 23.5 Å². The van der Waals surface area contributed by atoms with Crippen LogP contribution in [0.3, 0.4) is 0 Å². The molecule has 2 aliphatic rings. The third-order valence-corrected chi connectivity index (χ3v) is 5.29. The van der Waals surface area contributed by atoms with Crippen LogP contribution in [0.1, 0.15) is 44.2 Å². The van der Waals surface area contributed by atoms with Crippen molar-refractivity contribution in [3.05, 3.63) is 41.0 Å². The van der Waals surface area contributed by atoms with Gasteiger partial charge in [0.25, 0.3) is 0 Å². The third kappa shape index (κ3) is 3.29. The van der Waals surface area contributed by atoms with Gasteiger partial charge in [0.05, 0.1) is 18.0 Å². The van der Waals surface area contributed by atoms with Gasteiger partial charge in [-0.25, -0.2) is 14.2 Å². The average Bonchev–Trinajstić information content (AvgIpc) is 3.24. The maximum absolute atomic E-state index is 13.8. The quantitative estimate of drug-likeness (QED) is 0.562. The molecular weight excluding hydrogens is 329 g/mol. The molecule has 1 aliphatic carbocycles. The van der Waals surface area contributed by atoms with Crippen molar-refractivity contribution in [2.24, 2.45) is 16.4 Å². The van der Waals surface area contributed by atoms with Crippen LogP contribution in [0.25, 0.3) is 4.85 Å². The summed E-state index contributed by atoms with van der Waals surface area (Å²) in [7, 11) is 0. The fourth-order valence-corrected chi connectivity index (χ4v) is 3.40. The number of carbonyl (C=O) groups is 1. The van der Waals surface area contributed by atoms with Crippen molar-refractivity contribution in [2.45, 2.75) is 38.6 Å². The van der Waals surface area contributed by atoms with E-state index in [1.54, 1.807) is 12.3 Å². The van der Waals surface area contributed by atoms with Crippen LogP contribution in [0.15, 0.2) is 23.3 Å². The summed E-state index contributed by atoms with van der Waals surface area (Å²) in [5, 5.41) is 5.64. The Balaban J connectivity index is 1.87. The molecule has 0 N–H and O–H groups in total. The largest absolute Gasteiger partial charge is 0.272 e. The number of carbonyl (C=O) groups excluding carboxylic acids is 1. The molecule has 1 amide bonds. The van der Waals surface area contributed by atoms with E-state index in [1.165, 1.54) is 17.1 Å². The highest BCUT2D eigenvalue weighted by molar-refractivity contribution is 6.20. The van der Waals surface area contributed by atoms with Gasteiger partial charge in [0.1, 0.15) is 5.82 Å². The second-order valence-corrected chi connectivity index (χ2v) is 7.16. The van der Waals surface area contributed by atoms with Gasteiger partial charge < -0.3 is 0 Å². The predicted molar refractivity (Wildman–Crippen MR) is 91.5 cm³/mol. The molecule has 0 saturated heterocycles. The van der Waals surface area contributed by atoms with Crippen molar-refractivity contribution >= 4 is 29.4 Å². The lowest BCUT2D eigenvalue weighted by Gasteiger charge is -2.32. The minimum absolute atomic E-state index is 0.128. The summed E-state index contributed by atoms with van der Waals surface area (Å²) >= 11 is 6.12. The van der Waals surface area contributed by atoms with Crippen LogP contribution in [0.4, 0.5) is 10.1 Å². The molecule has 0 radical (unpaired) electrons. The number of nitrogens with zero attached hydrogens (tertiary/aromatic N) is 3. The van der Waals surface area contributed by atoms with Gasteiger partial charge in [-0.15, -0.1) is 11.6 Å². The molecule has 2 unspecified atom stereocenters. The molecule has 4 nitrogen and oxygen atoms in total. The molecule has 1 aromatic rings. The maximum Gasteiger partial charge on any atom is 0.250 e. The van der Waals surface area contributed by atoms with Crippen molar-refractivity contribution in [2.75, 3.05) is 5.88 Å². The highest BCUT2D eigenvalue weighted by Crippen LogP contribution is 2.43. The fraction of sp³-hybridized carbons (Fsp3) is 0.500. The monoisotopic (exact) mass is 347 g/mol. The third-order valence-electron chi connectivity index (χ3n) is 4.70. The lowest BCUT2D eigenvalue weighted by atomic mass is 9.85. The predicted octanol–water partition coefficient (Wildman–Crippen LogP) is 4.68. The number of hydrogen-bond donors (Lipinski definition) is 0. The van der Waals surface area contributed by atoms with Crippen LogP contribution in [0, 0.1) is 23.7 Å². The summed E-state index contributed by atoms with van der Waals surface area (Å²) in [6.45, 7) is 8.96. The van der Waals surface area contributed by atoms with Crippen LogP contribution in [0.5, 0.6) is 0 Å². The SMILES string of the molecule is [C-]#[N+]c1cc(F)cc(C2CC=NN2C(=O)C(C)(CCl)CC2CC2)c1. The molecule has 1 heterocycles. The minimum atomic E-state index is -0.668. The van der Waals surface area contributed by atoms with Crippen LogP contribution >= 0.6 is 11.6 Å². The van der Waals surface area contributed by atoms with Gasteiger partial charge in [0.15, 0.2) is 5.69 Å². The van der Waals surface area contributed by atoms with Gasteiger partial charge >= 0.3 is 0 Å². The Labute approximate surface area is 146 Å². The van der Waals surface area contributed by atoms with Crippen LogP contribution < -0.4 is 0 Å². The Morgan fingerprint density at radius 1 is 1.50 bits per heavy atom. The first-order valence-electron chi connectivity index (χ1n) is 8.07. The van der Waals surface area contributed by atoms with E-state index in [4.69, 9.17) is 18.2 Å². The Kier molecular flexibility index (Phi) is 4.60. The molecule has 6 heteroatoms. The Bertz CT molecular complexity index is 725. The minimum Gasteiger partial charge on any atom is -0.272 e. The van der Waals surface area contributed by atoms with E-state index in [0.717, 1.165) is 19.3 Å². The highest BCUT2D eigenvalue weighted by Gasteiger charge is 2.43. The molecular formula is C18H19ClFN3O. The second-order valence-electron chi connectivity index (χ2n) is 6.90. The molecule has 24 heavy (non-hydrogen) atoms. The number of alkyl halides is 1. The zero-order valence-electron chi connectivity index (χ0n) is 13.5. The summed E-state index contributed by atoms with van der Waals surface area (Å²) in [4.78, 5) is 16.3. The molecule has 1 aliphatic heterocycles. The van der Waals surface area contributed by atoms with Crippen molar-refractivity contribution in [3.63, 3.8) is 0 Å². The van der Waals surface area contributed by atoms with E-state index in [1.807, 2.05) is 6.92 Å². The average molecular weight is 348 g/mol. The molecule has 1 aromatic carbocycles. The summed E-state index contributed by atoms with van der Waals surface area (Å²) in [5.41, 5.74) is 0.149. The number of rotatable bonds is 5. The van der Waals surface area contributed by atoms with Gasteiger partial charge in [0.2, 0.25) is 5.91 Å². The van der Waals surface area contributed by atoms with Gasteiger partial charge in [0, 0.05) is 18.5 Å². The fourth-order valence-electron chi connectivity index (χ4n) is 3.17. The summed E-state index contributed by atoms with van der Waals surface area (Å²) in [6, 6.07) is 3.80. The highest BCUT2D eigenvalue weighted by atomic mass is 35.5. The van der Waals surface area contributed by atoms with Crippen molar-refractivity contribution in [3.8, 4) is 0 Å². The number of hydrazone groups is 1. The topological polar surface area (TPSA) is 37.0 Å². The normalized spacial score (nSPS) is 22.2. The summed E-state index contributed by atoms with van der Waals surface area (Å²) in [5.74, 6) is 0.190. The molecule has 0 spiro atoms. The first-order chi connectivity index (χ1) is 11.5. The van der Waals surface area contributed by atoms with Crippen LogP contribution in [0.2, 0.25) is 0 Å². The van der Waals surface area contributed by atoms with Crippen LogP contribution in [-0.2, 0) is 4.79 Å². The number of halogens is 2. The van der Waals surface area contributed by atoms with Gasteiger partial charge in [-0.3, -0.25) is 4.79 Å². The zero-order chi connectivity index (χ0) is 17.3. The molecule has 2 atom stereocenters. The van der Waals surface area contributed by atoms with Crippen molar-refractivity contribution in [1.29, 1.82) is 0 Å². The zero-order valence-corrected chi connectivity index (χ0v) is 14.3. The molecule has 0 bridgehead atoms. The maximum atomic E-state index is 13.8. The van der Waals surface area contributed by atoms with E-state index in [2.05, 4.69) is 9.95 Å². The number of hydrogen-bond acceptors (Lipinski definition) is 2. The molecule has 3 rings (SSSR count). The van der Waals surface area contributed by atoms with Crippen molar-refractivity contribution in [1.82, 2.24) is 5.01 Å².